The molecule has 3 rings (SSSR count). The summed E-state index contributed by atoms with van der Waals surface area (Å²) in [4.78, 5) is 11.0. The number of ether oxygens (including phenoxy) is 1. The molecule has 2 N–H and O–H groups in total. The second-order valence-corrected chi connectivity index (χ2v) is 6.39. The lowest BCUT2D eigenvalue weighted by molar-refractivity contribution is -0.0355. The molecule has 1 aliphatic heterocycles. The van der Waals surface area contributed by atoms with E-state index in [-0.39, 0.29) is 6.10 Å². The number of hydrogen-bond donors (Lipinski definition) is 1. The van der Waals surface area contributed by atoms with Crippen LogP contribution in [0, 0.1) is 0 Å². The Morgan fingerprint density at radius 2 is 2.25 bits per heavy atom. The number of pyridine rings is 1. The Kier molecular flexibility index (Phi) is 5.82. The van der Waals surface area contributed by atoms with Gasteiger partial charge in [0.2, 0.25) is 0 Å². The maximum absolute atomic E-state index is 5.94. The average Bonchev–Trinajstić information content (AvgIpc) is 3.01. The number of morpholine rings is 1. The summed E-state index contributed by atoms with van der Waals surface area (Å²) in [6.45, 7) is 6.84. The van der Waals surface area contributed by atoms with Crippen LogP contribution in [-0.2, 0) is 24.2 Å². The van der Waals surface area contributed by atoms with Gasteiger partial charge >= 0.3 is 0 Å². The number of aromatic nitrogens is 3. The monoisotopic (exact) mass is 329 g/mol. The van der Waals surface area contributed by atoms with Crippen LogP contribution in [0.2, 0.25) is 0 Å². The van der Waals surface area contributed by atoms with Gasteiger partial charge in [-0.05, 0) is 37.0 Å². The van der Waals surface area contributed by atoms with Crippen LogP contribution in [-0.4, -0.2) is 45.2 Å². The van der Waals surface area contributed by atoms with Crippen LogP contribution in [0.25, 0.3) is 0 Å². The zero-order valence-electron chi connectivity index (χ0n) is 14.4. The van der Waals surface area contributed by atoms with Gasteiger partial charge in [0.1, 0.15) is 11.6 Å². The molecule has 1 atom stereocenters. The zero-order chi connectivity index (χ0) is 16.8. The van der Waals surface area contributed by atoms with Crippen molar-refractivity contribution in [2.24, 2.45) is 0 Å². The summed E-state index contributed by atoms with van der Waals surface area (Å²) in [5.74, 6) is 1.74. The number of nitrogen functional groups attached to an aromatic ring is 1. The first kappa shape index (κ1) is 16.9. The summed E-state index contributed by atoms with van der Waals surface area (Å²) >= 11 is 0. The first-order valence-corrected chi connectivity index (χ1v) is 8.79. The molecule has 1 saturated heterocycles. The molecule has 130 valence electrons. The molecule has 1 aliphatic rings. The number of aryl methyl sites for hydroxylation is 2. The Bertz CT molecular complexity index is 642. The summed E-state index contributed by atoms with van der Waals surface area (Å²) in [6, 6.07) is 3.97. The van der Waals surface area contributed by atoms with Crippen LogP contribution in [0.5, 0.6) is 0 Å². The van der Waals surface area contributed by atoms with Crippen molar-refractivity contribution in [3.05, 3.63) is 42.1 Å². The second-order valence-electron chi connectivity index (χ2n) is 6.39. The van der Waals surface area contributed by atoms with Gasteiger partial charge in [0, 0.05) is 38.2 Å². The highest BCUT2D eigenvalue weighted by Crippen LogP contribution is 2.15. The number of nitrogens with zero attached hydrogens (tertiary/aromatic N) is 4. The molecule has 0 radical (unpaired) electrons. The molecular weight excluding hydrogens is 302 g/mol. The van der Waals surface area contributed by atoms with Gasteiger partial charge in [-0.15, -0.1) is 0 Å². The number of hydrogen-bond acceptors (Lipinski definition) is 5. The predicted octanol–water partition coefficient (Wildman–Crippen LogP) is 2.10. The van der Waals surface area contributed by atoms with Gasteiger partial charge in [-0.1, -0.05) is 6.92 Å². The SMILES string of the molecule is CCCn1ccnc1CN1CCO[C@@H](CCc2ccnc(N)c2)C1. The van der Waals surface area contributed by atoms with Crippen LogP contribution in [0.1, 0.15) is 31.2 Å². The Labute approximate surface area is 143 Å². The van der Waals surface area contributed by atoms with Crippen LogP contribution in [0.4, 0.5) is 5.82 Å². The van der Waals surface area contributed by atoms with Crippen LogP contribution in [0.3, 0.4) is 0 Å². The largest absolute Gasteiger partial charge is 0.384 e. The van der Waals surface area contributed by atoms with E-state index in [4.69, 9.17) is 10.5 Å². The van der Waals surface area contributed by atoms with E-state index in [1.54, 1.807) is 6.20 Å². The fourth-order valence-corrected chi connectivity index (χ4v) is 3.21. The Morgan fingerprint density at radius 1 is 1.33 bits per heavy atom. The quantitative estimate of drug-likeness (QED) is 0.842. The first-order valence-electron chi connectivity index (χ1n) is 8.79. The number of imidazole rings is 1. The minimum atomic E-state index is 0.266. The van der Waals surface area contributed by atoms with Crippen molar-refractivity contribution < 1.29 is 4.74 Å². The lowest BCUT2D eigenvalue weighted by atomic mass is 10.1. The molecule has 1 fully saturated rings. The average molecular weight is 329 g/mol. The van der Waals surface area contributed by atoms with Gasteiger partial charge < -0.3 is 15.0 Å². The third-order valence-corrected chi connectivity index (χ3v) is 4.45. The lowest BCUT2D eigenvalue weighted by Crippen LogP contribution is -2.42. The van der Waals surface area contributed by atoms with Crippen molar-refractivity contribution in [2.45, 2.75) is 45.4 Å². The van der Waals surface area contributed by atoms with Gasteiger partial charge in [0.25, 0.3) is 0 Å². The summed E-state index contributed by atoms with van der Waals surface area (Å²) in [6.07, 6.45) is 9.11. The van der Waals surface area contributed by atoms with E-state index < -0.39 is 0 Å². The molecule has 6 heteroatoms. The Hall–Kier alpha value is -1.92. The molecule has 3 heterocycles. The fourth-order valence-electron chi connectivity index (χ4n) is 3.21. The molecule has 2 aromatic heterocycles. The molecule has 0 aliphatic carbocycles. The molecule has 0 aromatic carbocycles. The van der Waals surface area contributed by atoms with Crippen molar-refractivity contribution in [3.8, 4) is 0 Å². The third-order valence-electron chi connectivity index (χ3n) is 4.45. The van der Waals surface area contributed by atoms with E-state index in [1.165, 1.54) is 5.56 Å². The smallest absolute Gasteiger partial charge is 0.123 e. The molecule has 0 amide bonds. The first-order chi connectivity index (χ1) is 11.7. The van der Waals surface area contributed by atoms with Crippen molar-refractivity contribution in [2.75, 3.05) is 25.4 Å². The van der Waals surface area contributed by atoms with E-state index in [2.05, 4.69) is 32.6 Å². The number of rotatable bonds is 7. The molecular formula is C18H27N5O. The highest BCUT2D eigenvalue weighted by atomic mass is 16.5. The van der Waals surface area contributed by atoms with Crippen molar-refractivity contribution in [3.63, 3.8) is 0 Å². The van der Waals surface area contributed by atoms with E-state index in [0.29, 0.717) is 5.82 Å². The van der Waals surface area contributed by atoms with E-state index in [1.807, 2.05) is 18.3 Å². The maximum atomic E-state index is 5.94. The standard InChI is InChI=1S/C18H27N5O/c1-2-8-23-9-7-21-18(23)14-22-10-11-24-16(13-22)4-3-15-5-6-20-17(19)12-15/h5-7,9,12,16H,2-4,8,10-11,13-14H2,1H3,(H2,19,20)/t16-/m0/s1. The topological polar surface area (TPSA) is 69.2 Å². The Balaban J connectivity index is 1.51. The zero-order valence-corrected chi connectivity index (χ0v) is 14.4. The summed E-state index contributed by atoms with van der Waals surface area (Å²) in [5, 5.41) is 0. The van der Waals surface area contributed by atoms with Crippen LogP contribution >= 0.6 is 0 Å². The van der Waals surface area contributed by atoms with E-state index in [9.17, 15) is 0 Å². The van der Waals surface area contributed by atoms with Gasteiger partial charge in [0.15, 0.2) is 0 Å². The lowest BCUT2D eigenvalue weighted by Gasteiger charge is -2.32. The van der Waals surface area contributed by atoms with Gasteiger partial charge in [0.05, 0.1) is 19.3 Å². The highest BCUT2D eigenvalue weighted by molar-refractivity contribution is 5.31. The van der Waals surface area contributed by atoms with Gasteiger partial charge in [-0.3, -0.25) is 4.90 Å². The molecule has 0 unspecified atom stereocenters. The predicted molar refractivity (Wildman–Crippen MR) is 94.5 cm³/mol. The maximum Gasteiger partial charge on any atom is 0.123 e. The highest BCUT2D eigenvalue weighted by Gasteiger charge is 2.21. The van der Waals surface area contributed by atoms with E-state index in [0.717, 1.165) is 57.9 Å². The minimum absolute atomic E-state index is 0.266. The normalized spacial score (nSPS) is 18.8. The summed E-state index contributed by atoms with van der Waals surface area (Å²) < 4.78 is 8.20. The fraction of sp³-hybridized carbons (Fsp3) is 0.556. The molecule has 0 spiro atoms. The van der Waals surface area contributed by atoms with E-state index >= 15 is 0 Å². The third kappa shape index (κ3) is 4.55. The molecule has 0 saturated carbocycles. The summed E-state index contributed by atoms with van der Waals surface area (Å²) in [5.41, 5.74) is 6.97. The number of anilines is 1. The Morgan fingerprint density at radius 3 is 3.08 bits per heavy atom. The van der Waals surface area contributed by atoms with Crippen molar-refractivity contribution >= 4 is 5.82 Å². The second kappa shape index (κ2) is 8.26. The van der Waals surface area contributed by atoms with Crippen molar-refractivity contribution in [1.29, 1.82) is 0 Å². The number of nitrogens with two attached hydrogens (primary N) is 1. The molecule has 24 heavy (non-hydrogen) atoms. The minimum Gasteiger partial charge on any atom is -0.384 e. The van der Waals surface area contributed by atoms with Crippen LogP contribution in [0.15, 0.2) is 30.7 Å². The summed E-state index contributed by atoms with van der Waals surface area (Å²) in [7, 11) is 0. The van der Waals surface area contributed by atoms with Gasteiger partial charge in [-0.2, -0.15) is 0 Å². The van der Waals surface area contributed by atoms with Crippen LogP contribution < -0.4 is 5.73 Å². The molecule has 6 nitrogen and oxygen atoms in total. The molecule has 0 bridgehead atoms. The van der Waals surface area contributed by atoms with Crippen molar-refractivity contribution in [1.82, 2.24) is 19.4 Å². The van der Waals surface area contributed by atoms with Gasteiger partial charge in [-0.25, -0.2) is 9.97 Å². The molecule has 2 aromatic rings.